The van der Waals surface area contributed by atoms with Crippen LogP contribution in [0.5, 0.6) is 5.75 Å². The zero-order chi connectivity index (χ0) is 25.4. The van der Waals surface area contributed by atoms with Gasteiger partial charge in [0.05, 0.1) is 29.0 Å². The van der Waals surface area contributed by atoms with E-state index in [1.165, 1.54) is 18.5 Å². The zero-order valence-electron chi connectivity index (χ0n) is 19.2. The molecule has 3 N–H and O–H groups in total. The first-order valence-electron chi connectivity index (χ1n) is 11.3. The minimum atomic E-state index is -4.77. The summed E-state index contributed by atoms with van der Waals surface area (Å²) in [4.78, 5) is 3.99. The van der Waals surface area contributed by atoms with Crippen LogP contribution < -0.4 is 15.4 Å². The number of aromatic nitrogens is 5. The van der Waals surface area contributed by atoms with Gasteiger partial charge in [-0.2, -0.15) is 10.2 Å². The van der Waals surface area contributed by atoms with Gasteiger partial charge >= 0.3 is 6.36 Å². The molecule has 4 aromatic rings. The van der Waals surface area contributed by atoms with Gasteiger partial charge in [0, 0.05) is 30.8 Å². The van der Waals surface area contributed by atoms with Gasteiger partial charge < -0.3 is 20.1 Å². The number of ether oxygens (including phenoxy) is 2. The molecule has 9 nitrogen and oxygen atoms in total. The molecular formula is C23H25ClF3N7O2. The second-order valence-electron chi connectivity index (χ2n) is 7.90. The summed E-state index contributed by atoms with van der Waals surface area (Å²) in [7, 11) is 0. The molecule has 0 aliphatic rings. The van der Waals surface area contributed by atoms with Crippen LogP contribution in [-0.4, -0.2) is 57.6 Å². The van der Waals surface area contributed by atoms with Crippen molar-refractivity contribution in [3.05, 3.63) is 59.8 Å². The number of unbranched alkanes of at least 4 members (excludes halogenated alkanes) is 1. The van der Waals surface area contributed by atoms with Gasteiger partial charge in [0.15, 0.2) is 0 Å². The molecule has 4 rings (SSSR count). The highest BCUT2D eigenvalue weighted by atomic mass is 35.5. The van der Waals surface area contributed by atoms with Gasteiger partial charge in [-0.05, 0) is 49.2 Å². The van der Waals surface area contributed by atoms with Crippen LogP contribution in [0.15, 0.2) is 49.2 Å². The Kier molecular flexibility index (Phi) is 8.62. The van der Waals surface area contributed by atoms with Crippen LogP contribution in [0.25, 0.3) is 16.6 Å². The lowest BCUT2D eigenvalue weighted by atomic mass is 10.2. The molecule has 0 saturated carbocycles. The normalized spacial score (nSPS) is 11.8. The first-order chi connectivity index (χ1) is 17.4. The number of rotatable bonds is 13. The van der Waals surface area contributed by atoms with Gasteiger partial charge in [-0.15, -0.1) is 13.2 Å². The van der Waals surface area contributed by atoms with E-state index in [9.17, 15) is 13.2 Å². The molecule has 0 amide bonds. The third kappa shape index (κ3) is 7.33. The molecule has 0 aliphatic carbocycles. The quantitative estimate of drug-likeness (QED) is 0.218. The maximum Gasteiger partial charge on any atom is 0.573 e. The zero-order valence-corrected chi connectivity index (χ0v) is 19.9. The first-order valence-corrected chi connectivity index (χ1v) is 11.7. The molecule has 2 aromatic heterocycles. The largest absolute Gasteiger partial charge is 0.573 e. The van der Waals surface area contributed by atoms with Crippen molar-refractivity contribution in [3.8, 4) is 11.4 Å². The van der Waals surface area contributed by atoms with Crippen molar-refractivity contribution >= 4 is 28.2 Å². The van der Waals surface area contributed by atoms with E-state index in [-0.39, 0.29) is 5.02 Å². The molecule has 2 heterocycles. The number of aromatic amines is 1. The van der Waals surface area contributed by atoms with Crippen molar-refractivity contribution in [2.45, 2.75) is 25.7 Å². The van der Waals surface area contributed by atoms with Crippen LogP contribution in [-0.2, 0) is 11.3 Å². The van der Waals surface area contributed by atoms with Gasteiger partial charge in [-0.25, -0.2) is 9.67 Å². The number of hydrogen-bond acceptors (Lipinski definition) is 7. The molecule has 0 aliphatic heterocycles. The number of anilines is 1. The van der Waals surface area contributed by atoms with Crippen LogP contribution in [0, 0.1) is 0 Å². The summed E-state index contributed by atoms with van der Waals surface area (Å²) in [5.41, 5.74) is 3.47. The van der Waals surface area contributed by atoms with Gasteiger partial charge in [-0.1, -0.05) is 17.7 Å². The maximum absolute atomic E-state index is 12.3. The Hall–Kier alpha value is -3.35. The van der Waals surface area contributed by atoms with Crippen LogP contribution in [0.2, 0.25) is 5.02 Å². The second kappa shape index (κ2) is 12.1. The number of alkyl halides is 3. The second-order valence-corrected chi connectivity index (χ2v) is 8.31. The Morgan fingerprint density at radius 3 is 2.75 bits per heavy atom. The van der Waals surface area contributed by atoms with Gasteiger partial charge in [-0.3, -0.25) is 5.10 Å². The standard InChI is InChI=1S/C23H25ClF3N7O2/c24-19-9-16(3-4-22(19)36-23(25,26)27)12-28-5-1-2-7-35-8-6-30-20-10-17(34-15-29-14-32-34)11-21-18(20)13-31-33-21/h3-4,9-11,13-15,28,30H,1-2,5-8,12H2,(H,31,33). The van der Waals surface area contributed by atoms with E-state index in [4.69, 9.17) is 16.3 Å². The van der Waals surface area contributed by atoms with E-state index >= 15 is 0 Å². The van der Waals surface area contributed by atoms with Crippen molar-refractivity contribution in [2.24, 2.45) is 0 Å². The Morgan fingerprint density at radius 1 is 1.08 bits per heavy atom. The lowest BCUT2D eigenvalue weighted by molar-refractivity contribution is -0.274. The van der Waals surface area contributed by atoms with Crippen LogP contribution in [0.4, 0.5) is 18.9 Å². The van der Waals surface area contributed by atoms with Crippen molar-refractivity contribution in [1.82, 2.24) is 30.3 Å². The van der Waals surface area contributed by atoms with Crippen LogP contribution in [0.3, 0.4) is 0 Å². The summed E-state index contributed by atoms with van der Waals surface area (Å²) in [5, 5.41) is 18.8. The van der Waals surface area contributed by atoms with Gasteiger partial charge in [0.2, 0.25) is 0 Å². The number of benzene rings is 2. The third-order valence-corrected chi connectivity index (χ3v) is 5.53. The maximum atomic E-state index is 12.3. The molecule has 0 bridgehead atoms. The third-order valence-electron chi connectivity index (χ3n) is 5.23. The van der Waals surface area contributed by atoms with Crippen LogP contribution in [0.1, 0.15) is 18.4 Å². The average molecular weight is 524 g/mol. The Balaban J connectivity index is 1.10. The summed E-state index contributed by atoms with van der Waals surface area (Å²) in [6.07, 6.45) is 1.90. The van der Waals surface area contributed by atoms with Crippen molar-refractivity contribution in [1.29, 1.82) is 0 Å². The fourth-order valence-electron chi connectivity index (χ4n) is 3.56. The molecule has 0 unspecified atom stereocenters. The smallest absolute Gasteiger partial charge is 0.404 e. The fraction of sp³-hybridized carbons (Fsp3) is 0.348. The average Bonchev–Trinajstić information content (AvgIpc) is 3.53. The molecule has 0 spiro atoms. The van der Waals surface area contributed by atoms with Crippen molar-refractivity contribution in [2.75, 3.05) is 31.6 Å². The number of H-pyrrole nitrogens is 1. The molecule has 0 atom stereocenters. The molecule has 2 aromatic carbocycles. The molecule has 0 radical (unpaired) electrons. The minimum absolute atomic E-state index is 0.0766. The Bertz CT molecular complexity index is 1250. The highest BCUT2D eigenvalue weighted by Crippen LogP contribution is 2.30. The Morgan fingerprint density at radius 2 is 1.97 bits per heavy atom. The molecular weight excluding hydrogens is 499 g/mol. The predicted molar refractivity (Wildman–Crippen MR) is 129 cm³/mol. The lowest BCUT2D eigenvalue weighted by Crippen LogP contribution is -2.18. The fourth-order valence-corrected chi connectivity index (χ4v) is 3.81. The van der Waals surface area contributed by atoms with Crippen molar-refractivity contribution in [3.63, 3.8) is 0 Å². The molecule has 13 heteroatoms. The number of halogens is 4. The van der Waals surface area contributed by atoms with E-state index < -0.39 is 12.1 Å². The van der Waals surface area contributed by atoms with Gasteiger partial charge in [0.1, 0.15) is 18.4 Å². The Labute approximate surface area is 209 Å². The monoisotopic (exact) mass is 523 g/mol. The molecule has 0 fully saturated rings. The number of hydrogen-bond donors (Lipinski definition) is 3. The van der Waals surface area contributed by atoms with E-state index in [1.54, 1.807) is 23.3 Å². The summed E-state index contributed by atoms with van der Waals surface area (Å²) in [6.45, 7) is 3.04. The topological polar surface area (TPSA) is 102 Å². The van der Waals surface area contributed by atoms with E-state index in [1.807, 2.05) is 12.1 Å². The van der Waals surface area contributed by atoms with Crippen molar-refractivity contribution < 1.29 is 22.6 Å². The number of nitrogens with zero attached hydrogens (tertiary/aromatic N) is 4. The highest BCUT2D eigenvalue weighted by Gasteiger charge is 2.32. The first kappa shape index (κ1) is 25.7. The lowest BCUT2D eigenvalue weighted by Gasteiger charge is -2.12. The summed E-state index contributed by atoms with van der Waals surface area (Å²) in [6, 6.07) is 8.18. The number of fused-ring (bicyclic) bond motifs is 1. The van der Waals surface area contributed by atoms with Crippen LogP contribution >= 0.6 is 11.6 Å². The SMILES string of the molecule is FC(F)(F)Oc1ccc(CNCCCCOCCNc2cc(-n3cncn3)cc3[nH]ncc23)cc1Cl. The number of nitrogens with one attached hydrogen (secondary N) is 3. The van der Waals surface area contributed by atoms with E-state index in [2.05, 4.69) is 35.7 Å². The predicted octanol–water partition coefficient (Wildman–Crippen LogP) is 4.69. The summed E-state index contributed by atoms with van der Waals surface area (Å²) in [5.74, 6) is -0.406. The van der Waals surface area contributed by atoms with E-state index in [0.29, 0.717) is 26.3 Å². The highest BCUT2D eigenvalue weighted by molar-refractivity contribution is 6.32. The van der Waals surface area contributed by atoms with Gasteiger partial charge in [0.25, 0.3) is 0 Å². The molecule has 36 heavy (non-hydrogen) atoms. The summed E-state index contributed by atoms with van der Waals surface area (Å²) < 4.78 is 48.2. The minimum Gasteiger partial charge on any atom is -0.404 e. The summed E-state index contributed by atoms with van der Waals surface area (Å²) >= 11 is 5.87. The molecule has 192 valence electrons. The molecule has 0 saturated heterocycles. The van der Waals surface area contributed by atoms with E-state index in [0.717, 1.165) is 47.2 Å².